The lowest BCUT2D eigenvalue weighted by molar-refractivity contribution is 0.515. The maximum Gasteiger partial charge on any atom is 0.248 e. The molecule has 1 N–H and O–H groups in total. The minimum absolute atomic E-state index is 0.0942. The van der Waals surface area contributed by atoms with Crippen molar-refractivity contribution in [3.05, 3.63) is 75.8 Å². The molecule has 0 radical (unpaired) electrons. The van der Waals surface area contributed by atoms with Crippen LogP contribution in [0.15, 0.2) is 47.3 Å². The van der Waals surface area contributed by atoms with E-state index in [0.29, 0.717) is 29.3 Å². The molecule has 0 saturated heterocycles. The van der Waals surface area contributed by atoms with Crippen LogP contribution in [0.3, 0.4) is 0 Å². The Morgan fingerprint density at radius 1 is 1.22 bits per heavy atom. The van der Waals surface area contributed by atoms with E-state index in [4.69, 9.17) is 4.98 Å². The van der Waals surface area contributed by atoms with Crippen molar-refractivity contribution < 1.29 is 8.78 Å². The molecule has 2 aromatic carbocycles. The Morgan fingerprint density at radius 3 is 2.78 bits per heavy atom. The number of fused-ring (bicyclic) bond motifs is 2. The van der Waals surface area contributed by atoms with Crippen molar-refractivity contribution >= 4 is 21.9 Å². The first-order chi connectivity index (χ1) is 13.0. The van der Waals surface area contributed by atoms with Gasteiger partial charge in [0.2, 0.25) is 5.56 Å². The van der Waals surface area contributed by atoms with Crippen molar-refractivity contribution in [2.75, 3.05) is 0 Å². The van der Waals surface area contributed by atoms with E-state index in [-0.39, 0.29) is 5.52 Å². The van der Waals surface area contributed by atoms with Gasteiger partial charge in [0.1, 0.15) is 5.82 Å². The van der Waals surface area contributed by atoms with Gasteiger partial charge in [-0.05, 0) is 42.2 Å². The summed E-state index contributed by atoms with van der Waals surface area (Å²) >= 11 is 0. The van der Waals surface area contributed by atoms with Crippen molar-refractivity contribution in [2.24, 2.45) is 5.92 Å². The summed E-state index contributed by atoms with van der Waals surface area (Å²) in [5, 5.41) is 0.501. The number of aromatic nitrogens is 3. The Bertz CT molecular complexity index is 1260. The number of para-hydroxylation sites is 2. The molecule has 2 heterocycles. The summed E-state index contributed by atoms with van der Waals surface area (Å²) in [7, 11) is 0. The Hall–Kier alpha value is -3.02. The third-order valence-electron chi connectivity index (χ3n) is 5.45. The van der Waals surface area contributed by atoms with Crippen LogP contribution in [0.4, 0.5) is 8.78 Å². The molecule has 0 spiro atoms. The molecule has 2 atom stereocenters. The fourth-order valence-electron chi connectivity index (χ4n) is 3.86. The van der Waals surface area contributed by atoms with Gasteiger partial charge >= 0.3 is 0 Å². The predicted octanol–water partition coefficient (Wildman–Crippen LogP) is 4.33. The number of hydrogen-bond acceptors (Lipinski definition) is 2. The molecule has 27 heavy (non-hydrogen) atoms. The SMILES string of the molecule is CC1CC1c1nc2ccccc2n1Cc1cc(=O)[nH]c2c(F)c(F)ccc12. The molecule has 6 heteroatoms. The predicted molar refractivity (Wildman–Crippen MR) is 99.8 cm³/mol. The summed E-state index contributed by atoms with van der Waals surface area (Å²) in [6.45, 7) is 2.57. The van der Waals surface area contributed by atoms with Crippen LogP contribution < -0.4 is 5.56 Å². The Labute approximate surface area is 153 Å². The minimum Gasteiger partial charge on any atom is -0.323 e. The molecule has 2 unspecified atom stereocenters. The summed E-state index contributed by atoms with van der Waals surface area (Å²) in [6.07, 6.45) is 1.08. The topological polar surface area (TPSA) is 50.7 Å². The molecule has 2 aromatic heterocycles. The van der Waals surface area contributed by atoms with Crippen LogP contribution in [0.2, 0.25) is 0 Å². The van der Waals surface area contributed by atoms with Gasteiger partial charge in [-0.3, -0.25) is 4.79 Å². The second-order valence-electron chi connectivity index (χ2n) is 7.31. The van der Waals surface area contributed by atoms with Crippen LogP contribution in [-0.4, -0.2) is 14.5 Å². The number of nitrogens with zero attached hydrogens (tertiary/aromatic N) is 2. The largest absolute Gasteiger partial charge is 0.323 e. The summed E-state index contributed by atoms with van der Waals surface area (Å²) in [5.74, 6) is -0.0589. The average Bonchev–Trinajstić information content (AvgIpc) is 3.27. The standard InChI is InChI=1S/C21H17F2N3O/c1-11-8-14(11)21-24-16-4-2-3-5-17(16)26(21)10-12-9-18(27)25-20-13(12)6-7-15(22)19(20)23/h2-7,9,11,14H,8,10H2,1H3,(H,25,27). The van der Waals surface area contributed by atoms with Crippen LogP contribution in [0.25, 0.3) is 21.9 Å². The third kappa shape index (κ3) is 2.55. The fourth-order valence-corrected chi connectivity index (χ4v) is 3.86. The van der Waals surface area contributed by atoms with E-state index in [1.54, 1.807) is 0 Å². The molecule has 0 aliphatic heterocycles. The summed E-state index contributed by atoms with van der Waals surface area (Å²) < 4.78 is 29.9. The first kappa shape index (κ1) is 16.2. The molecular formula is C21H17F2N3O. The highest BCUT2D eigenvalue weighted by Gasteiger charge is 2.38. The molecule has 0 amide bonds. The van der Waals surface area contributed by atoms with Crippen LogP contribution in [-0.2, 0) is 6.54 Å². The summed E-state index contributed by atoms with van der Waals surface area (Å²) in [4.78, 5) is 19.3. The lowest BCUT2D eigenvalue weighted by atomic mass is 10.1. The van der Waals surface area contributed by atoms with Gasteiger partial charge < -0.3 is 9.55 Å². The maximum atomic E-state index is 14.2. The highest BCUT2D eigenvalue weighted by molar-refractivity contribution is 5.83. The highest BCUT2D eigenvalue weighted by atomic mass is 19.2. The van der Waals surface area contributed by atoms with E-state index in [1.807, 2.05) is 24.3 Å². The van der Waals surface area contributed by atoms with Crippen molar-refractivity contribution in [3.63, 3.8) is 0 Å². The highest BCUT2D eigenvalue weighted by Crippen LogP contribution is 2.47. The molecule has 4 nitrogen and oxygen atoms in total. The first-order valence-corrected chi connectivity index (χ1v) is 8.98. The Kier molecular flexibility index (Phi) is 3.44. The zero-order valence-electron chi connectivity index (χ0n) is 14.7. The van der Waals surface area contributed by atoms with E-state index in [0.717, 1.165) is 29.3 Å². The second-order valence-corrected chi connectivity index (χ2v) is 7.31. The normalized spacial score (nSPS) is 19.1. The number of hydrogen-bond donors (Lipinski definition) is 1. The van der Waals surface area contributed by atoms with Crippen LogP contribution in [0.5, 0.6) is 0 Å². The van der Waals surface area contributed by atoms with E-state index >= 15 is 0 Å². The number of halogens is 2. The molecular weight excluding hydrogens is 348 g/mol. The fraction of sp³-hybridized carbons (Fsp3) is 0.238. The second kappa shape index (κ2) is 5.74. The van der Waals surface area contributed by atoms with Gasteiger partial charge in [0.15, 0.2) is 11.6 Å². The smallest absolute Gasteiger partial charge is 0.248 e. The van der Waals surface area contributed by atoms with Crippen molar-refractivity contribution in [1.82, 2.24) is 14.5 Å². The lowest BCUT2D eigenvalue weighted by Crippen LogP contribution is -2.12. The van der Waals surface area contributed by atoms with Gasteiger partial charge in [-0.1, -0.05) is 19.1 Å². The third-order valence-corrected chi connectivity index (χ3v) is 5.45. The number of nitrogens with one attached hydrogen (secondary N) is 1. The van der Waals surface area contributed by atoms with Gasteiger partial charge in [-0.25, -0.2) is 13.8 Å². The molecule has 1 aliphatic carbocycles. The molecule has 1 aliphatic rings. The van der Waals surface area contributed by atoms with Gasteiger partial charge in [0, 0.05) is 17.4 Å². The number of rotatable bonds is 3. The Morgan fingerprint density at radius 2 is 2.00 bits per heavy atom. The molecule has 5 rings (SSSR count). The molecule has 0 bridgehead atoms. The van der Waals surface area contributed by atoms with Crippen LogP contribution in [0.1, 0.15) is 30.7 Å². The van der Waals surface area contributed by atoms with E-state index in [2.05, 4.69) is 16.5 Å². The van der Waals surface area contributed by atoms with Crippen LogP contribution >= 0.6 is 0 Å². The van der Waals surface area contributed by atoms with Crippen LogP contribution in [0, 0.1) is 17.6 Å². The van der Waals surface area contributed by atoms with Gasteiger partial charge in [-0.15, -0.1) is 0 Å². The zero-order valence-corrected chi connectivity index (χ0v) is 14.7. The quantitative estimate of drug-likeness (QED) is 0.588. The number of imidazole rings is 1. The van der Waals surface area contributed by atoms with Gasteiger partial charge in [0.25, 0.3) is 0 Å². The number of benzene rings is 2. The van der Waals surface area contributed by atoms with Crippen molar-refractivity contribution in [1.29, 1.82) is 0 Å². The molecule has 1 saturated carbocycles. The molecule has 136 valence electrons. The van der Waals surface area contributed by atoms with E-state index in [1.165, 1.54) is 12.1 Å². The number of H-pyrrole nitrogens is 1. The van der Waals surface area contributed by atoms with Gasteiger partial charge in [-0.2, -0.15) is 0 Å². The van der Waals surface area contributed by atoms with E-state index < -0.39 is 17.2 Å². The van der Waals surface area contributed by atoms with Gasteiger partial charge in [0.05, 0.1) is 23.1 Å². The average molecular weight is 365 g/mol. The zero-order chi connectivity index (χ0) is 18.7. The summed E-state index contributed by atoms with van der Waals surface area (Å²) in [6, 6.07) is 11.9. The Balaban J connectivity index is 1.72. The van der Waals surface area contributed by atoms with Crippen molar-refractivity contribution in [3.8, 4) is 0 Å². The van der Waals surface area contributed by atoms with E-state index in [9.17, 15) is 13.6 Å². The molecule has 4 aromatic rings. The van der Waals surface area contributed by atoms with Crippen molar-refractivity contribution in [2.45, 2.75) is 25.8 Å². The lowest BCUT2D eigenvalue weighted by Gasteiger charge is -2.12. The number of aromatic amines is 1. The monoisotopic (exact) mass is 365 g/mol. The number of pyridine rings is 1. The maximum absolute atomic E-state index is 14.2. The summed E-state index contributed by atoms with van der Waals surface area (Å²) in [5.41, 5.74) is 1.97. The first-order valence-electron chi connectivity index (χ1n) is 8.98. The minimum atomic E-state index is -1.03. The molecule has 1 fully saturated rings.